The lowest BCUT2D eigenvalue weighted by Crippen LogP contribution is -2.24. The molecular weight excluding hydrogens is 192 g/mol. The molecule has 3 nitrogen and oxygen atoms in total. The summed E-state index contributed by atoms with van der Waals surface area (Å²) < 4.78 is 9.75. The maximum atomic E-state index is 11.4. The number of rotatable bonds is 3. The number of allylic oxidation sites excluding steroid dienone is 1. The third-order valence-corrected chi connectivity index (χ3v) is 3.24. The second kappa shape index (κ2) is 5.79. The van der Waals surface area contributed by atoms with Gasteiger partial charge in [-0.1, -0.05) is 6.92 Å². The number of hydrogen-bond acceptors (Lipinski definition) is 3. The summed E-state index contributed by atoms with van der Waals surface area (Å²) in [6.07, 6.45) is 6.04. The van der Waals surface area contributed by atoms with E-state index in [1.165, 1.54) is 12.7 Å². The van der Waals surface area contributed by atoms with E-state index in [1.807, 2.05) is 13.2 Å². The van der Waals surface area contributed by atoms with Gasteiger partial charge in [-0.2, -0.15) is 0 Å². The van der Waals surface area contributed by atoms with Crippen LogP contribution in [0.1, 0.15) is 32.6 Å². The molecule has 86 valence electrons. The molecule has 1 saturated carbocycles. The van der Waals surface area contributed by atoms with Gasteiger partial charge < -0.3 is 9.47 Å². The smallest absolute Gasteiger partial charge is 0.308 e. The fraction of sp³-hybridized carbons (Fsp3) is 0.750. The van der Waals surface area contributed by atoms with Crippen LogP contribution in [0.2, 0.25) is 0 Å². The molecule has 1 atom stereocenters. The van der Waals surface area contributed by atoms with Crippen molar-refractivity contribution >= 4 is 5.97 Å². The van der Waals surface area contributed by atoms with E-state index in [9.17, 15) is 4.79 Å². The molecule has 1 aliphatic rings. The molecule has 0 aromatic rings. The summed E-state index contributed by atoms with van der Waals surface area (Å²) in [5, 5.41) is 0. The van der Waals surface area contributed by atoms with Crippen molar-refractivity contribution in [2.45, 2.75) is 32.6 Å². The first-order valence-electron chi connectivity index (χ1n) is 5.47. The van der Waals surface area contributed by atoms with E-state index < -0.39 is 0 Å². The van der Waals surface area contributed by atoms with Crippen LogP contribution in [0.15, 0.2) is 11.8 Å². The van der Waals surface area contributed by atoms with E-state index in [0.717, 1.165) is 25.7 Å². The van der Waals surface area contributed by atoms with Gasteiger partial charge in [0.15, 0.2) is 0 Å². The van der Waals surface area contributed by atoms with Crippen LogP contribution < -0.4 is 0 Å². The molecule has 1 unspecified atom stereocenters. The third kappa shape index (κ3) is 3.26. The predicted octanol–water partition coefficient (Wildman–Crippen LogP) is 2.52. The largest absolute Gasteiger partial charge is 0.504 e. The molecule has 15 heavy (non-hydrogen) atoms. The van der Waals surface area contributed by atoms with Gasteiger partial charge in [0, 0.05) is 0 Å². The zero-order chi connectivity index (χ0) is 11.3. The van der Waals surface area contributed by atoms with E-state index in [-0.39, 0.29) is 11.9 Å². The standard InChI is InChI=1S/C12H20O3/c1-9(12(13)15-3)11-6-4-10(5-7-11)8-14-2/h8-9,11H,4-7H2,1-3H3. The van der Waals surface area contributed by atoms with Crippen molar-refractivity contribution in [3.63, 3.8) is 0 Å². The van der Waals surface area contributed by atoms with Crippen LogP contribution in [0.25, 0.3) is 0 Å². The SMILES string of the molecule is COC=C1CCC(C(C)C(=O)OC)CC1. The maximum Gasteiger partial charge on any atom is 0.308 e. The van der Waals surface area contributed by atoms with E-state index >= 15 is 0 Å². The van der Waals surface area contributed by atoms with Gasteiger partial charge in [0.25, 0.3) is 0 Å². The van der Waals surface area contributed by atoms with Crippen molar-refractivity contribution in [2.24, 2.45) is 11.8 Å². The molecule has 1 rings (SSSR count). The fourth-order valence-electron chi connectivity index (χ4n) is 2.17. The predicted molar refractivity (Wildman–Crippen MR) is 58.2 cm³/mol. The Morgan fingerprint density at radius 3 is 2.47 bits per heavy atom. The van der Waals surface area contributed by atoms with Gasteiger partial charge in [-0.25, -0.2) is 0 Å². The number of carbonyl (C=O) groups is 1. The lowest BCUT2D eigenvalue weighted by molar-refractivity contribution is -0.147. The molecule has 1 aliphatic carbocycles. The number of methoxy groups -OCH3 is 2. The molecule has 0 aliphatic heterocycles. The molecule has 3 heteroatoms. The summed E-state index contributed by atoms with van der Waals surface area (Å²) in [6.45, 7) is 1.96. The zero-order valence-electron chi connectivity index (χ0n) is 9.79. The summed E-state index contributed by atoms with van der Waals surface area (Å²) in [5.74, 6) is 0.407. The first-order valence-corrected chi connectivity index (χ1v) is 5.47. The molecule has 0 heterocycles. The third-order valence-electron chi connectivity index (χ3n) is 3.24. The molecular formula is C12H20O3. The molecule has 0 aromatic carbocycles. The lowest BCUT2D eigenvalue weighted by Gasteiger charge is -2.27. The zero-order valence-corrected chi connectivity index (χ0v) is 9.79. The van der Waals surface area contributed by atoms with Crippen LogP contribution in [0.3, 0.4) is 0 Å². The number of ether oxygens (including phenoxy) is 2. The number of carbonyl (C=O) groups excluding carboxylic acids is 1. The van der Waals surface area contributed by atoms with Crippen LogP contribution in [0.5, 0.6) is 0 Å². The van der Waals surface area contributed by atoms with Crippen molar-refractivity contribution in [1.82, 2.24) is 0 Å². The van der Waals surface area contributed by atoms with Crippen molar-refractivity contribution in [3.05, 3.63) is 11.8 Å². The normalized spacial score (nSPS) is 23.1. The Bertz CT molecular complexity index is 235. The molecule has 0 N–H and O–H groups in total. The summed E-state index contributed by atoms with van der Waals surface area (Å²) in [5.41, 5.74) is 1.35. The van der Waals surface area contributed by atoms with E-state index in [4.69, 9.17) is 9.47 Å². The van der Waals surface area contributed by atoms with Crippen LogP contribution in [0.4, 0.5) is 0 Å². The first-order chi connectivity index (χ1) is 7.19. The average molecular weight is 212 g/mol. The van der Waals surface area contributed by atoms with Gasteiger partial charge in [0.1, 0.15) is 0 Å². The average Bonchev–Trinajstić information content (AvgIpc) is 2.28. The fourth-order valence-corrected chi connectivity index (χ4v) is 2.17. The molecule has 0 aromatic heterocycles. The topological polar surface area (TPSA) is 35.5 Å². The Hall–Kier alpha value is -0.990. The van der Waals surface area contributed by atoms with Crippen LogP contribution in [0, 0.1) is 11.8 Å². The Balaban J connectivity index is 2.43. The van der Waals surface area contributed by atoms with Crippen molar-refractivity contribution < 1.29 is 14.3 Å². The van der Waals surface area contributed by atoms with Gasteiger partial charge in [-0.05, 0) is 37.2 Å². The van der Waals surface area contributed by atoms with E-state index in [1.54, 1.807) is 7.11 Å². The molecule has 0 bridgehead atoms. The van der Waals surface area contributed by atoms with Crippen molar-refractivity contribution in [2.75, 3.05) is 14.2 Å². The Kier molecular flexibility index (Phi) is 4.66. The number of esters is 1. The summed E-state index contributed by atoms with van der Waals surface area (Å²) in [4.78, 5) is 11.4. The second-order valence-electron chi connectivity index (χ2n) is 4.16. The van der Waals surface area contributed by atoms with Gasteiger partial charge in [-0.15, -0.1) is 0 Å². The molecule has 0 saturated heterocycles. The highest BCUT2D eigenvalue weighted by atomic mass is 16.5. The van der Waals surface area contributed by atoms with Crippen molar-refractivity contribution in [3.8, 4) is 0 Å². The Morgan fingerprint density at radius 1 is 1.40 bits per heavy atom. The molecule has 1 fully saturated rings. The maximum absolute atomic E-state index is 11.4. The van der Waals surface area contributed by atoms with Crippen LogP contribution >= 0.6 is 0 Å². The highest BCUT2D eigenvalue weighted by molar-refractivity contribution is 5.72. The summed E-state index contributed by atoms with van der Waals surface area (Å²) in [6, 6.07) is 0. The summed E-state index contributed by atoms with van der Waals surface area (Å²) >= 11 is 0. The van der Waals surface area contributed by atoms with Crippen molar-refractivity contribution in [1.29, 1.82) is 0 Å². The minimum atomic E-state index is -0.0841. The van der Waals surface area contributed by atoms with Gasteiger partial charge in [0.05, 0.1) is 26.4 Å². The van der Waals surface area contributed by atoms with Gasteiger partial charge in [0.2, 0.25) is 0 Å². The highest BCUT2D eigenvalue weighted by Gasteiger charge is 2.27. The first kappa shape index (κ1) is 12.1. The molecule has 0 spiro atoms. The van der Waals surface area contributed by atoms with E-state index in [0.29, 0.717) is 5.92 Å². The van der Waals surface area contributed by atoms with E-state index in [2.05, 4.69) is 0 Å². The minimum Gasteiger partial charge on any atom is -0.504 e. The van der Waals surface area contributed by atoms with Crippen LogP contribution in [-0.2, 0) is 14.3 Å². The monoisotopic (exact) mass is 212 g/mol. The molecule has 0 radical (unpaired) electrons. The Labute approximate surface area is 91.4 Å². The van der Waals surface area contributed by atoms with Gasteiger partial charge in [-0.3, -0.25) is 4.79 Å². The minimum absolute atomic E-state index is 0.0269. The van der Waals surface area contributed by atoms with Crippen LogP contribution in [-0.4, -0.2) is 20.2 Å². The van der Waals surface area contributed by atoms with Gasteiger partial charge >= 0.3 is 5.97 Å². The number of hydrogen-bond donors (Lipinski definition) is 0. The second-order valence-corrected chi connectivity index (χ2v) is 4.16. The summed E-state index contributed by atoms with van der Waals surface area (Å²) in [7, 11) is 3.13. The highest BCUT2D eigenvalue weighted by Crippen LogP contribution is 2.33. The quantitative estimate of drug-likeness (QED) is 0.532. The molecule has 0 amide bonds. The Morgan fingerprint density at radius 2 is 2.00 bits per heavy atom. The lowest BCUT2D eigenvalue weighted by atomic mass is 9.79.